The Kier molecular flexibility index (Phi) is 3.66. The van der Waals surface area contributed by atoms with Crippen molar-refractivity contribution in [1.82, 2.24) is 15.5 Å². The molecule has 0 amide bonds. The zero-order valence-corrected chi connectivity index (χ0v) is 10.1. The van der Waals surface area contributed by atoms with Gasteiger partial charge in [0, 0.05) is 5.56 Å². The molecule has 2 aromatic rings. The van der Waals surface area contributed by atoms with E-state index in [-0.39, 0.29) is 23.9 Å². The van der Waals surface area contributed by atoms with Crippen LogP contribution in [0.2, 0.25) is 0 Å². The van der Waals surface area contributed by atoms with E-state index in [1.807, 2.05) is 6.92 Å². The van der Waals surface area contributed by atoms with Crippen molar-refractivity contribution < 1.29 is 13.2 Å². The van der Waals surface area contributed by atoms with Gasteiger partial charge in [0.05, 0.1) is 12.5 Å². The van der Waals surface area contributed by atoms with Crippen LogP contribution in [0, 0.1) is 11.6 Å². The highest BCUT2D eigenvalue weighted by Gasteiger charge is 2.15. The predicted molar refractivity (Wildman–Crippen MR) is 60.9 cm³/mol. The van der Waals surface area contributed by atoms with E-state index in [0.29, 0.717) is 5.89 Å². The van der Waals surface area contributed by atoms with Crippen molar-refractivity contribution in [1.29, 1.82) is 0 Å². The number of benzene rings is 1. The molecule has 0 aliphatic heterocycles. The van der Waals surface area contributed by atoms with Crippen LogP contribution in [0.25, 0.3) is 0 Å². The van der Waals surface area contributed by atoms with Crippen molar-refractivity contribution in [2.24, 2.45) is 0 Å². The molecule has 1 N–H and O–H groups in total. The Morgan fingerprint density at radius 2 is 2.11 bits per heavy atom. The van der Waals surface area contributed by atoms with Crippen molar-refractivity contribution in [3.05, 3.63) is 47.2 Å². The summed E-state index contributed by atoms with van der Waals surface area (Å²) in [7, 11) is 1.76. The summed E-state index contributed by atoms with van der Waals surface area (Å²) in [6, 6.07) is 3.93. The Balaban J connectivity index is 2.19. The Bertz CT molecular complexity index is 542. The maximum atomic E-state index is 13.4. The highest BCUT2D eigenvalue weighted by Crippen LogP contribution is 2.17. The second-order valence-electron chi connectivity index (χ2n) is 3.93. The molecule has 0 radical (unpaired) electrons. The van der Waals surface area contributed by atoms with E-state index in [1.54, 1.807) is 7.05 Å². The van der Waals surface area contributed by atoms with E-state index in [4.69, 9.17) is 4.42 Å². The van der Waals surface area contributed by atoms with Gasteiger partial charge >= 0.3 is 0 Å². The Morgan fingerprint density at radius 3 is 2.83 bits per heavy atom. The van der Waals surface area contributed by atoms with Crippen LogP contribution >= 0.6 is 0 Å². The van der Waals surface area contributed by atoms with Gasteiger partial charge in [0.15, 0.2) is 11.6 Å². The maximum Gasteiger partial charge on any atom is 0.233 e. The van der Waals surface area contributed by atoms with Gasteiger partial charge in [-0.25, -0.2) is 8.78 Å². The predicted octanol–water partition coefficient (Wildman–Crippen LogP) is 2.22. The number of aromatic nitrogens is 2. The van der Waals surface area contributed by atoms with Crippen LogP contribution in [0.5, 0.6) is 0 Å². The summed E-state index contributed by atoms with van der Waals surface area (Å²) in [4.78, 5) is 0. The fourth-order valence-corrected chi connectivity index (χ4v) is 1.48. The summed E-state index contributed by atoms with van der Waals surface area (Å²) in [6.07, 6.45) is 0.0764. The van der Waals surface area contributed by atoms with Crippen LogP contribution in [0.3, 0.4) is 0 Å². The van der Waals surface area contributed by atoms with Gasteiger partial charge in [0.25, 0.3) is 0 Å². The zero-order valence-electron chi connectivity index (χ0n) is 10.1. The Morgan fingerprint density at radius 1 is 1.33 bits per heavy atom. The third-order valence-corrected chi connectivity index (χ3v) is 2.66. The minimum Gasteiger partial charge on any atom is -0.423 e. The summed E-state index contributed by atoms with van der Waals surface area (Å²) in [5.41, 5.74) is 0.197. The smallest absolute Gasteiger partial charge is 0.233 e. The van der Waals surface area contributed by atoms with E-state index in [1.165, 1.54) is 12.1 Å². The number of nitrogens with one attached hydrogen (secondary N) is 1. The number of hydrogen-bond donors (Lipinski definition) is 1. The first kappa shape index (κ1) is 12.6. The average molecular weight is 253 g/mol. The number of halogens is 2. The van der Waals surface area contributed by atoms with Gasteiger partial charge < -0.3 is 9.73 Å². The number of rotatable bonds is 4. The van der Waals surface area contributed by atoms with Crippen molar-refractivity contribution in [2.45, 2.75) is 19.4 Å². The van der Waals surface area contributed by atoms with E-state index >= 15 is 0 Å². The topological polar surface area (TPSA) is 51.0 Å². The lowest BCUT2D eigenvalue weighted by Gasteiger charge is -2.03. The molecular weight excluding hydrogens is 240 g/mol. The molecule has 0 bridgehead atoms. The first-order valence-corrected chi connectivity index (χ1v) is 5.54. The van der Waals surface area contributed by atoms with Gasteiger partial charge in [-0.05, 0) is 20.0 Å². The minimum absolute atomic E-state index is 0.0764. The standard InChI is InChI=1S/C12H13F2N3O/c1-7(15-2)12-17-16-10(18-12)6-8-4-3-5-9(13)11(8)14/h3-5,7,15H,6H2,1-2H3. The molecule has 18 heavy (non-hydrogen) atoms. The molecular formula is C12H13F2N3O. The van der Waals surface area contributed by atoms with Gasteiger partial charge in [-0.3, -0.25) is 0 Å². The zero-order chi connectivity index (χ0) is 13.1. The number of hydrogen-bond acceptors (Lipinski definition) is 4. The largest absolute Gasteiger partial charge is 0.423 e. The van der Waals surface area contributed by atoms with Crippen LogP contribution in [0.4, 0.5) is 8.78 Å². The molecule has 1 atom stereocenters. The summed E-state index contributed by atoms with van der Waals surface area (Å²) >= 11 is 0. The molecule has 0 aliphatic carbocycles. The third kappa shape index (κ3) is 2.53. The van der Waals surface area contributed by atoms with Gasteiger partial charge in [0.2, 0.25) is 11.8 Å². The Labute approximate surface area is 103 Å². The average Bonchev–Trinajstić information content (AvgIpc) is 2.82. The van der Waals surface area contributed by atoms with Crippen LogP contribution in [-0.2, 0) is 6.42 Å². The Hall–Kier alpha value is -1.82. The summed E-state index contributed by atoms with van der Waals surface area (Å²) in [6.45, 7) is 1.86. The summed E-state index contributed by atoms with van der Waals surface area (Å²) < 4.78 is 31.8. The van der Waals surface area contributed by atoms with Crippen molar-refractivity contribution in [3.63, 3.8) is 0 Å². The van der Waals surface area contributed by atoms with E-state index in [2.05, 4.69) is 15.5 Å². The molecule has 0 saturated heterocycles. The quantitative estimate of drug-likeness (QED) is 0.907. The SMILES string of the molecule is CNC(C)c1nnc(Cc2cccc(F)c2F)o1. The van der Waals surface area contributed by atoms with Crippen LogP contribution < -0.4 is 5.32 Å². The lowest BCUT2D eigenvalue weighted by atomic mass is 10.1. The molecule has 4 nitrogen and oxygen atoms in total. The van der Waals surface area contributed by atoms with Gasteiger partial charge in [-0.2, -0.15) is 0 Å². The second-order valence-corrected chi connectivity index (χ2v) is 3.93. The van der Waals surface area contributed by atoms with Crippen LogP contribution in [0.15, 0.2) is 22.6 Å². The maximum absolute atomic E-state index is 13.4. The molecule has 0 saturated carbocycles. The first-order chi connectivity index (χ1) is 8.61. The van der Waals surface area contributed by atoms with Crippen molar-refractivity contribution in [3.8, 4) is 0 Å². The lowest BCUT2D eigenvalue weighted by molar-refractivity contribution is 0.408. The summed E-state index contributed by atoms with van der Waals surface area (Å²) in [5.74, 6) is -1.07. The normalized spacial score (nSPS) is 12.7. The van der Waals surface area contributed by atoms with E-state index in [0.717, 1.165) is 6.07 Å². The van der Waals surface area contributed by atoms with Crippen molar-refractivity contribution in [2.75, 3.05) is 7.05 Å². The monoisotopic (exact) mass is 253 g/mol. The molecule has 1 heterocycles. The van der Waals surface area contributed by atoms with Gasteiger partial charge in [0.1, 0.15) is 0 Å². The molecule has 1 unspecified atom stereocenters. The molecule has 2 rings (SSSR count). The second kappa shape index (κ2) is 5.22. The molecule has 0 spiro atoms. The van der Waals surface area contributed by atoms with E-state index < -0.39 is 11.6 Å². The molecule has 1 aromatic heterocycles. The molecule has 96 valence electrons. The van der Waals surface area contributed by atoms with Crippen molar-refractivity contribution >= 4 is 0 Å². The number of nitrogens with zero attached hydrogens (tertiary/aromatic N) is 2. The third-order valence-electron chi connectivity index (χ3n) is 2.66. The molecule has 0 fully saturated rings. The highest BCUT2D eigenvalue weighted by molar-refractivity contribution is 5.21. The van der Waals surface area contributed by atoms with Gasteiger partial charge in [-0.15, -0.1) is 10.2 Å². The fourth-order valence-electron chi connectivity index (χ4n) is 1.48. The van der Waals surface area contributed by atoms with Gasteiger partial charge in [-0.1, -0.05) is 12.1 Å². The molecule has 0 aliphatic rings. The molecule has 1 aromatic carbocycles. The summed E-state index contributed by atoms with van der Waals surface area (Å²) in [5, 5.41) is 10.6. The molecule has 6 heteroatoms. The van der Waals surface area contributed by atoms with Crippen LogP contribution in [-0.4, -0.2) is 17.2 Å². The van der Waals surface area contributed by atoms with Crippen LogP contribution in [0.1, 0.15) is 30.3 Å². The minimum atomic E-state index is -0.879. The first-order valence-electron chi connectivity index (χ1n) is 5.54. The fraction of sp³-hybridized carbons (Fsp3) is 0.333. The van der Waals surface area contributed by atoms with E-state index in [9.17, 15) is 8.78 Å². The lowest BCUT2D eigenvalue weighted by Crippen LogP contribution is -2.12. The highest BCUT2D eigenvalue weighted by atomic mass is 19.2.